The Hall–Kier alpha value is -0.830. The Bertz CT molecular complexity index is 280. The third-order valence-corrected chi connectivity index (χ3v) is 4.10. The van der Waals surface area contributed by atoms with Crippen molar-refractivity contribution in [3.8, 4) is 0 Å². The van der Waals surface area contributed by atoms with E-state index in [0.717, 1.165) is 12.0 Å². The molecule has 3 heteroatoms. The van der Waals surface area contributed by atoms with Crippen molar-refractivity contribution in [1.29, 1.82) is 0 Å². The fraction of sp³-hybridized carbons (Fsp3) is 0.727. The molecule has 1 saturated carbocycles. The van der Waals surface area contributed by atoms with Crippen LogP contribution in [-0.2, 0) is 4.79 Å². The predicted molar refractivity (Wildman–Crippen MR) is 53.9 cm³/mol. The summed E-state index contributed by atoms with van der Waals surface area (Å²) >= 11 is 0. The van der Waals surface area contributed by atoms with E-state index < -0.39 is 17.5 Å². The van der Waals surface area contributed by atoms with Crippen molar-refractivity contribution in [2.75, 3.05) is 0 Å². The zero-order valence-electron chi connectivity index (χ0n) is 9.00. The van der Waals surface area contributed by atoms with Gasteiger partial charge in [0.25, 0.3) is 0 Å². The number of aliphatic hydroxyl groups is 1. The summed E-state index contributed by atoms with van der Waals surface area (Å²) in [5.41, 5.74) is 0.112. The Kier molecular flexibility index (Phi) is 2.48. The van der Waals surface area contributed by atoms with Gasteiger partial charge in [0.15, 0.2) is 6.10 Å². The largest absolute Gasteiger partial charge is 0.479 e. The van der Waals surface area contributed by atoms with Crippen LogP contribution in [0.5, 0.6) is 0 Å². The molecule has 0 heterocycles. The minimum atomic E-state index is -1.31. The number of hydrogen-bond acceptors (Lipinski definition) is 2. The van der Waals surface area contributed by atoms with Gasteiger partial charge < -0.3 is 10.2 Å². The highest BCUT2D eigenvalue weighted by Gasteiger charge is 2.54. The maximum Gasteiger partial charge on any atom is 0.333 e. The molecule has 1 aliphatic carbocycles. The minimum Gasteiger partial charge on any atom is -0.479 e. The van der Waals surface area contributed by atoms with Gasteiger partial charge in [-0.25, -0.2) is 4.79 Å². The molecule has 0 bridgehead atoms. The maximum atomic E-state index is 10.8. The van der Waals surface area contributed by atoms with E-state index in [9.17, 15) is 9.90 Å². The standard InChI is InChI=1S/C11H18O3/c1-7-5-6-11(4,10(7,2)3)8(12)9(13)14/h8,12H,1,5-6H2,2-4H3,(H,13,14)/t8-,11+/m1/s1. The molecule has 0 saturated heterocycles. The van der Waals surface area contributed by atoms with Gasteiger partial charge in [-0.1, -0.05) is 32.9 Å². The second-order valence-electron chi connectivity index (χ2n) is 4.89. The molecule has 0 aliphatic heterocycles. The Balaban J connectivity index is 3.07. The van der Waals surface area contributed by atoms with Gasteiger partial charge in [0.2, 0.25) is 0 Å². The van der Waals surface area contributed by atoms with Crippen molar-refractivity contribution >= 4 is 5.97 Å². The third kappa shape index (κ3) is 1.27. The molecule has 2 atom stereocenters. The molecule has 1 fully saturated rings. The highest BCUT2D eigenvalue weighted by atomic mass is 16.4. The molecule has 0 radical (unpaired) electrons. The van der Waals surface area contributed by atoms with Crippen LogP contribution in [0.25, 0.3) is 0 Å². The molecule has 0 aromatic heterocycles. The van der Waals surface area contributed by atoms with Gasteiger partial charge in [0.05, 0.1) is 0 Å². The Morgan fingerprint density at radius 2 is 2.00 bits per heavy atom. The maximum absolute atomic E-state index is 10.8. The van der Waals surface area contributed by atoms with Crippen molar-refractivity contribution < 1.29 is 15.0 Å². The van der Waals surface area contributed by atoms with Gasteiger partial charge in [-0.15, -0.1) is 0 Å². The van der Waals surface area contributed by atoms with E-state index in [-0.39, 0.29) is 5.41 Å². The molecule has 80 valence electrons. The highest BCUT2D eigenvalue weighted by molar-refractivity contribution is 5.73. The highest BCUT2D eigenvalue weighted by Crippen LogP contribution is 2.56. The van der Waals surface area contributed by atoms with Crippen LogP contribution in [0, 0.1) is 10.8 Å². The SMILES string of the molecule is C=C1CC[C@@](C)([C@H](O)C(=O)O)C1(C)C. The predicted octanol–water partition coefficient (Wildman–Crippen LogP) is 1.81. The first-order valence-electron chi connectivity index (χ1n) is 4.82. The molecular formula is C11H18O3. The van der Waals surface area contributed by atoms with Crippen molar-refractivity contribution in [3.05, 3.63) is 12.2 Å². The van der Waals surface area contributed by atoms with E-state index in [1.165, 1.54) is 0 Å². The molecule has 0 aromatic rings. The van der Waals surface area contributed by atoms with E-state index in [1.807, 2.05) is 20.8 Å². The lowest BCUT2D eigenvalue weighted by Crippen LogP contribution is -2.45. The topological polar surface area (TPSA) is 57.5 Å². The molecular weight excluding hydrogens is 180 g/mol. The molecule has 14 heavy (non-hydrogen) atoms. The fourth-order valence-corrected chi connectivity index (χ4v) is 2.19. The summed E-state index contributed by atoms with van der Waals surface area (Å²) in [7, 11) is 0. The lowest BCUT2D eigenvalue weighted by atomic mass is 9.65. The quantitative estimate of drug-likeness (QED) is 0.665. The lowest BCUT2D eigenvalue weighted by molar-refractivity contribution is -0.157. The van der Waals surface area contributed by atoms with E-state index in [1.54, 1.807) is 0 Å². The second-order valence-corrected chi connectivity index (χ2v) is 4.89. The molecule has 1 rings (SSSR count). The summed E-state index contributed by atoms with van der Waals surface area (Å²) in [5.74, 6) is -1.14. The third-order valence-electron chi connectivity index (χ3n) is 4.10. The molecule has 0 aromatic carbocycles. The number of carbonyl (C=O) groups is 1. The summed E-state index contributed by atoms with van der Waals surface area (Å²) in [6.07, 6.45) is 0.178. The number of aliphatic hydroxyl groups excluding tert-OH is 1. The van der Waals surface area contributed by atoms with E-state index in [0.29, 0.717) is 6.42 Å². The van der Waals surface area contributed by atoms with Crippen LogP contribution in [0.4, 0.5) is 0 Å². The summed E-state index contributed by atoms with van der Waals surface area (Å²) < 4.78 is 0. The van der Waals surface area contributed by atoms with Crippen LogP contribution < -0.4 is 0 Å². The minimum absolute atomic E-state index is 0.315. The normalized spacial score (nSPS) is 33.0. The number of carboxylic acids is 1. The van der Waals surface area contributed by atoms with Crippen molar-refractivity contribution in [2.45, 2.75) is 39.7 Å². The van der Waals surface area contributed by atoms with Crippen LogP contribution in [0.1, 0.15) is 33.6 Å². The van der Waals surface area contributed by atoms with Crippen molar-refractivity contribution in [2.24, 2.45) is 10.8 Å². The van der Waals surface area contributed by atoms with Gasteiger partial charge in [-0.05, 0) is 18.3 Å². The van der Waals surface area contributed by atoms with Gasteiger partial charge in [0.1, 0.15) is 0 Å². The molecule has 2 N–H and O–H groups in total. The van der Waals surface area contributed by atoms with Crippen LogP contribution in [0.2, 0.25) is 0 Å². The number of allylic oxidation sites excluding steroid dienone is 1. The zero-order valence-corrected chi connectivity index (χ0v) is 9.00. The van der Waals surface area contributed by atoms with Gasteiger partial charge in [0, 0.05) is 5.41 Å². The van der Waals surface area contributed by atoms with Crippen LogP contribution >= 0.6 is 0 Å². The molecule has 3 nitrogen and oxygen atoms in total. The fourth-order valence-electron chi connectivity index (χ4n) is 2.19. The number of rotatable bonds is 2. The summed E-state index contributed by atoms with van der Waals surface area (Å²) in [4.78, 5) is 10.8. The first-order valence-corrected chi connectivity index (χ1v) is 4.82. The molecule has 0 spiro atoms. The average Bonchev–Trinajstić information content (AvgIpc) is 2.29. The summed E-state index contributed by atoms with van der Waals surface area (Å²) in [6.45, 7) is 9.67. The average molecular weight is 198 g/mol. The van der Waals surface area contributed by atoms with Crippen LogP contribution in [0.3, 0.4) is 0 Å². The van der Waals surface area contributed by atoms with Crippen LogP contribution in [-0.4, -0.2) is 22.3 Å². The van der Waals surface area contributed by atoms with Crippen LogP contribution in [0.15, 0.2) is 12.2 Å². The smallest absolute Gasteiger partial charge is 0.333 e. The van der Waals surface area contributed by atoms with Gasteiger partial charge >= 0.3 is 5.97 Å². The zero-order chi connectivity index (χ0) is 11.1. The van der Waals surface area contributed by atoms with Gasteiger partial charge in [-0.3, -0.25) is 0 Å². The van der Waals surface area contributed by atoms with E-state index in [2.05, 4.69) is 6.58 Å². The first-order chi connectivity index (χ1) is 6.23. The number of hydrogen-bond donors (Lipinski definition) is 2. The summed E-state index contributed by atoms with van der Waals surface area (Å²) in [6, 6.07) is 0. The summed E-state index contributed by atoms with van der Waals surface area (Å²) in [5, 5.41) is 18.5. The second kappa shape index (κ2) is 3.09. The Labute approximate surface area is 84.4 Å². The molecule has 1 aliphatic rings. The number of carboxylic acid groups (broad SMARTS) is 1. The lowest BCUT2D eigenvalue weighted by Gasteiger charge is -2.40. The van der Waals surface area contributed by atoms with E-state index >= 15 is 0 Å². The van der Waals surface area contributed by atoms with Gasteiger partial charge in [-0.2, -0.15) is 0 Å². The Morgan fingerprint density at radius 3 is 2.29 bits per heavy atom. The monoisotopic (exact) mass is 198 g/mol. The Morgan fingerprint density at radius 1 is 1.50 bits per heavy atom. The molecule has 0 amide bonds. The van der Waals surface area contributed by atoms with E-state index in [4.69, 9.17) is 5.11 Å². The first kappa shape index (κ1) is 11.2. The van der Waals surface area contributed by atoms with Crippen molar-refractivity contribution in [1.82, 2.24) is 0 Å². The van der Waals surface area contributed by atoms with Crippen molar-refractivity contribution in [3.63, 3.8) is 0 Å². The number of aliphatic carboxylic acids is 1. The molecule has 0 unspecified atom stereocenters.